The van der Waals surface area contributed by atoms with Gasteiger partial charge in [0.1, 0.15) is 0 Å². The molecule has 0 spiro atoms. The van der Waals surface area contributed by atoms with E-state index in [1.54, 1.807) is 0 Å². The zero-order valence-corrected chi connectivity index (χ0v) is 10.5. The van der Waals surface area contributed by atoms with Gasteiger partial charge in [0.05, 0.1) is 0 Å². The van der Waals surface area contributed by atoms with E-state index in [0.29, 0.717) is 0 Å². The van der Waals surface area contributed by atoms with Crippen molar-refractivity contribution in [1.29, 1.82) is 0 Å². The summed E-state index contributed by atoms with van der Waals surface area (Å²) in [6.45, 7) is 4.37. The minimum absolute atomic E-state index is 0. The van der Waals surface area contributed by atoms with Gasteiger partial charge >= 0.3 is 21.7 Å². The van der Waals surface area contributed by atoms with E-state index in [2.05, 4.69) is 26.0 Å². The normalized spacial score (nSPS) is 13.2. The molecule has 0 bridgehead atoms. The molecule has 0 fully saturated rings. The van der Waals surface area contributed by atoms with Crippen molar-refractivity contribution in [2.45, 2.75) is 33.1 Å². The molecule has 0 aliphatic heterocycles. The first-order valence-corrected chi connectivity index (χ1v) is 3.60. The summed E-state index contributed by atoms with van der Waals surface area (Å²) in [4.78, 5) is 0. The Bertz CT molecular complexity index is 162. The average molecular weight is 240 g/mol. The van der Waals surface area contributed by atoms with Crippen molar-refractivity contribution in [1.82, 2.24) is 0 Å². The third-order valence-electron chi connectivity index (χ3n) is 1.53. The molecule has 1 aliphatic rings. The van der Waals surface area contributed by atoms with Crippen molar-refractivity contribution >= 4 is 0 Å². The molecule has 1 radical (unpaired) electrons. The third-order valence-corrected chi connectivity index (χ3v) is 1.53. The minimum atomic E-state index is 0. The van der Waals surface area contributed by atoms with E-state index in [4.69, 9.17) is 0 Å². The Morgan fingerprint density at radius 1 is 1.42 bits per heavy atom. The van der Waals surface area contributed by atoms with Crippen molar-refractivity contribution in [3.05, 3.63) is 23.3 Å². The molecule has 0 atom stereocenters. The Kier molecular flexibility index (Phi) is 15.2. The fourth-order valence-corrected chi connectivity index (χ4v) is 1.08. The largest absolute Gasteiger partial charge is 3.00 e. The zero-order chi connectivity index (χ0) is 6.69. The van der Waals surface area contributed by atoms with Gasteiger partial charge in [-0.25, -0.2) is 11.6 Å². The molecule has 0 N–H and O–H groups in total. The van der Waals surface area contributed by atoms with Crippen LogP contribution in [-0.4, -0.2) is 0 Å². The maximum atomic E-state index is 3.33. The fourth-order valence-electron chi connectivity index (χ4n) is 1.08. The van der Waals surface area contributed by atoms with Crippen LogP contribution in [0.2, 0.25) is 0 Å². The van der Waals surface area contributed by atoms with Gasteiger partial charge in [-0.1, -0.05) is 26.7 Å². The zero-order valence-electron chi connectivity index (χ0n) is 7.45. The molecule has 0 saturated heterocycles. The first-order valence-electron chi connectivity index (χ1n) is 3.60. The number of hydrogen-bond acceptors (Lipinski definition) is 0. The standard InChI is InChI=1S/C9H13.2ClH.Ti/c1-3-4-9-6-5-8(2)7-9;;;/h7H,3-5H2,1-2H3;2*1H;/q-1;;;+3/p-2. The van der Waals surface area contributed by atoms with Crippen molar-refractivity contribution in [2.24, 2.45) is 0 Å². The quantitative estimate of drug-likeness (QED) is 0.353. The van der Waals surface area contributed by atoms with Gasteiger partial charge in [-0.2, -0.15) is 5.57 Å². The van der Waals surface area contributed by atoms with Gasteiger partial charge in [-0.05, 0) is 0 Å². The van der Waals surface area contributed by atoms with Gasteiger partial charge in [0.2, 0.25) is 0 Å². The van der Waals surface area contributed by atoms with Crippen molar-refractivity contribution < 1.29 is 46.5 Å². The van der Waals surface area contributed by atoms with E-state index in [1.807, 2.05) is 0 Å². The van der Waals surface area contributed by atoms with E-state index in [0.717, 1.165) is 6.42 Å². The topological polar surface area (TPSA) is 0 Å². The number of halogens is 2. The van der Waals surface area contributed by atoms with Gasteiger partial charge in [0, 0.05) is 0 Å². The van der Waals surface area contributed by atoms with Crippen molar-refractivity contribution in [3.63, 3.8) is 0 Å². The Hall–Kier alpha value is 0.774. The van der Waals surface area contributed by atoms with Crippen LogP contribution in [0.1, 0.15) is 33.1 Å². The molecule has 0 amide bonds. The smallest absolute Gasteiger partial charge is 1.00 e. The van der Waals surface area contributed by atoms with Gasteiger partial charge < -0.3 is 24.8 Å². The predicted molar refractivity (Wildman–Crippen MR) is 40.0 cm³/mol. The molecule has 0 saturated carbocycles. The van der Waals surface area contributed by atoms with E-state index in [9.17, 15) is 0 Å². The Labute approximate surface area is 103 Å². The van der Waals surface area contributed by atoms with Gasteiger partial charge in [-0.15, -0.1) is 6.42 Å². The molecule has 0 heterocycles. The van der Waals surface area contributed by atoms with E-state index in [1.165, 1.54) is 24.0 Å². The summed E-state index contributed by atoms with van der Waals surface area (Å²) in [5, 5.41) is 0. The van der Waals surface area contributed by atoms with E-state index in [-0.39, 0.29) is 46.5 Å². The van der Waals surface area contributed by atoms with Crippen LogP contribution >= 0.6 is 0 Å². The maximum Gasteiger partial charge on any atom is 3.00 e. The summed E-state index contributed by atoms with van der Waals surface area (Å²) in [6.07, 6.45) is 9.10. The SMILES string of the molecule is CCCC1=[C-]CC(C)=C1.[Cl-].[Cl-].[Ti+3]. The predicted octanol–water partition coefficient (Wildman–Crippen LogP) is -3.13. The summed E-state index contributed by atoms with van der Waals surface area (Å²) >= 11 is 0. The van der Waals surface area contributed by atoms with Crippen LogP contribution in [0.25, 0.3) is 0 Å². The van der Waals surface area contributed by atoms with E-state index < -0.39 is 0 Å². The number of allylic oxidation sites excluding steroid dienone is 4. The van der Waals surface area contributed by atoms with Crippen molar-refractivity contribution in [2.75, 3.05) is 0 Å². The average Bonchev–Trinajstić information content (AvgIpc) is 2.17. The van der Waals surface area contributed by atoms with Crippen molar-refractivity contribution in [3.8, 4) is 0 Å². The Morgan fingerprint density at radius 2 is 2.00 bits per heavy atom. The summed E-state index contributed by atoms with van der Waals surface area (Å²) in [7, 11) is 0. The minimum Gasteiger partial charge on any atom is -1.00 e. The number of hydrogen-bond donors (Lipinski definition) is 0. The third kappa shape index (κ3) is 6.31. The number of rotatable bonds is 2. The van der Waals surface area contributed by atoms with Gasteiger partial charge in [0.15, 0.2) is 0 Å². The van der Waals surface area contributed by atoms with E-state index >= 15 is 0 Å². The fraction of sp³-hybridized carbons (Fsp3) is 0.556. The molecular weight excluding hydrogens is 227 g/mol. The van der Waals surface area contributed by atoms with Crippen LogP contribution in [0, 0.1) is 6.08 Å². The van der Waals surface area contributed by atoms with Crippen LogP contribution in [-0.2, 0) is 21.7 Å². The monoisotopic (exact) mass is 239 g/mol. The second-order valence-corrected chi connectivity index (χ2v) is 2.62. The summed E-state index contributed by atoms with van der Waals surface area (Å²) in [5.41, 5.74) is 2.87. The molecule has 0 unspecified atom stereocenters. The molecule has 3 heteroatoms. The molecule has 0 nitrogen and oxygen atoms in total. The van der Waals surface area contributed by atoms with Crippen LogP contribution in [0.5, 0.6) is 0 Å². The molecule has 0 aromatic heterocycles. The molecule has 0 aromatic rings. The molecule has 0 aromatic carbocycles. The van der Waals surface area contributed by atoms with Crippen LogP contribution in [0.4, 0.5) is 0 Å². The second kappa shape index (κ2) is 9.86. The summed E-state index contributed by atoms with van der Waals surface area (Å²) in [5.74, 6) is 0. The Balaban J connectivity index is -0.000000270. The van der Waals surface area contributed by atoms with Crippen LogP contribution < -0.4 is 24.8 Å². The molecule has 1 rings (SSSR count). The van der Waals surface area contributed by atoms with Gasteiger partial charge in [0.25, 0.3) is 0 Å². The van der Waals surface area contributed by atoms with Crippen LogP contribution in [0.3, 0.4) is 0 Å². The molecular formula is C9H13Cl2Ti. The summed E-state index contributed by atoms with van der Waals surface area (Å²) < 4.78 is 0. The molecule has 67 valence electrons. The molecule has 12 heavy (non-hydrogen) atoms. The second-order valence-electron chi connectivity index (χ2n) is 2.62. The first-order chi connectivity index (χ1) is 4.33. The Morgan fingerprint density at radius 3 is 2.33 bits per heavy atom. The van der Waals surface area contributed by atoms with Crippen LogP contribution in [0.15, 0.2) is 17.2 Å². The van der Waals surface area contributed by atoms with Gasteiger partial charge in [-0.3, -0.25) is 6.08 Å². The maximum absolute atomic E-state index is 3.33. The summed E-state index contributed by atoms with van der Waals surface area (Å²) in [6, 6.07) is 0. The molecule has 1 aliphatic carbocycles. The first kappa shape index (κ1) is 18.5.